The zero-order valence-electron chi connectivity index (χ0n) is 11.9. The molecule has 1 aromatic heterocycles. The second kappa shape index (κ2) is 7.02. The number of carbonyl (C=O) groups is 1. The standard InChI is InChI=1S/C13H18ClFN2O4/c1-13(2,3)21-12(20)17-6-9(18)10(19)8-4-7(14)5-16-11(8)15/h4-5,9-10,18-19H,6H2,1-3H3,(H,17,20). The Labute approximate surface area is 126 Å². The first-order valence-electron chi connectivity index (χ1n) is 6.24. The van der Waals surface area contributed by atoms with Crippen molar-refractivity contribution in [3.8, 4) is 0 Å². The SMILES string of the molecule is CC(C)(C)OC(=O)NCC(O)C(O)c1cc(Cl)cnc1F. The monoisotopic (exact) mass is 320 g/mol. The molecule has 1 heterocycles. The number of hydrogen-bond donors (Lipinski definition) is 3. The zero-order valence-corrected chi connectivity index (χ0v) is 12.7. The van der Waals surface area contributed by atoms with Gasteiger partial charge in [0.15, 0.2) is 0 Å². The molecule has 118 valence electrons. The number of pyridine rings is 1. The van der Waals surface area contributed by atoms with Gasteiger partial charge in [-0.05, 0) is 26.8 Å². The molecule has 0 aromatic carbocycles. The maximum atomic E-state index is 13.4. The van der Waals surface area contributed by atoms with E-state index in [0.717, 1.165) is 12.3 Å². The zero-order chi connectivity index (χ0) is 16.2. The molecule has 21 heavy (non-hydrogen) atoms. The van der Waals surface area contributed by atoms with Gasteiger partial charge < -0.3 is 20.3 Å². The van der Waals surface area contributed by atoms with Crippen LogP contribution in [0.3, 0.4) is 0 Å². The van der Waals surface area contributed by atoms with Gasteiger partial charge in [-0.15, -0.1) is 0 Å². The number of halogens is 2. The molecule has 0 bridgehead atoms. The third-order valence-electron chi connectivity index (χ3n) is 2.37. The van der Waals surface area contributed by atoms with Gasteiger partial charge in [0.25, 0.3) is 0 Å². The lowest BCUT2D eigenvalue weighted by Crippen LogP contribution is -2.39. The Bertz CT molecular complexity index is 507. The van der Waals surface area contributed by atoms with Crippen molar-refractivity contribution in [2.45, 2.75) is 38.6 Å². The van der Waals surface area contributed by atoms with Crippen LogP contribution in [0.1, 0.15) is 32.4 Å². The van der Waals surface area contributed by atoms with E-state index in [1.807, 2.05) is 0 Å². The van der Waals surface area contributed by atoms with Gasteiger partial charge in [-0.2, -0.15) is 4.39 Å². The molecule has 3 N–H and O–H groups in total. The van der Waals surface area contributed by atoms with Crippen LogP contribution in [0.4, 0.5) is 9.18 Å². The lowest BCUT2D eigenvalue weighted by atomic mass is 10.1. The minimum absolute atomic E-state index is 0.123. The van der Waals surface area contributed by atoms with Crippen LogP contribution in [0.15, 0.2) is 12.3 Å². The summed E-state index contributed by atoms with van der Waals surface area (Å²) in [5, 5.41) is 22.0. The molecule has 6 nitrogen and oxygen atoms in total. The van der Waals surface area contributed by atoms with Crippen molar-refractivity contribution in [1.29, 1.82) is 0 Å². The number of nitrogens with zero attached hydrogens (tertiary/aromatic N) is 1. The van der Waals surface area contributed by atoms with E-state index in [2.05, 4.69) is 10.3 Å². The van der Waals surface area contributed by atoms with Crippen LogP contribution < -0.4 is 5.32 Å². The highest BCUT2D eigenvalue weighted by atomic mass is 35.5. The van der Waals surface area contributed by atoms with E-state index in [1.165, 1.54) is 0 Å². The summed E-state index contributed by atoms with van der Waals surface area (Å²) in [5.74, 6) is -0.941. The van der Waals surface area contributed by atoms with Crippen LogP contribution in [0.2, 0.25) is 5.02 Å². The van der Waals surface area contributed by atoms with Crippen molar-refractivity contribution in [3.63, 3.8) is 0 Å². The van der Waals surface area contributed by atoms with Crippen LogP contribution in [-0.2, 0) is 4.74 Å². The number of nitrogens with one attached hydrogen (secondary N) is 1. The molecule has 0 radical (unpaired) electrons. The van der Waals surface area contributed by atoms with E-state index < -0.39 is 29.8 Å². The Morgan fingerprint density at radius 3 is 2.71 bits per heavy atom. The van der Waals surface area contributed by atoms with Gasteiger partial charge in [0.1, 0.15) is 17.8 Å². The number of aromatic nitrogens is 1. The molecule has 0 saturated carbocycles. The highest BCUT2D eigenvalue weighted by Gasteiger charge is 2.24. The van der Waals surface area contributed by atoms with Gasteiger partial charge in [-0.1, -0.05) is 11.6 Å². The van der Waals surface area contributed by atoms with E-state index in [1.54, 1.807) is 20.8 Å². The van der Waals surface area contributed by atoms with Crippen LogP contribution in [0.25, 0.3) is 0 Å². The maximum Gasteiger partial charge on any atom is 0.407 e. The average Bonchev–Trinajstić information content (AvgIpc) is 2.36. The molecule has 2 unspecified atom stereocenters. The second-order valence-corrected chi connectivity index (χ2v) is 5.86. The van der Waals surface area contributed by atoms with Gasteiger partial charge in [0.2, 0.25) is 5.95 Å². The van der Waals surface area contributed by atoms with Crippen LogP contribution in [-0.4, -0.2) is 39.5 Å². The van der Waals surface area contributed by atoms with Crippen molar-refractivity contribution < 1.29 is 24.1 Å². The average molecular weight is 321 g/mol. The highest BCUT2D eigenvalue weighted by molar-refractivity contribution is 6.30. The number of rotatable bonds is 4. The predicted molar refractivity (Wildman–Crippen MR) is 74.4 cm³/mol. The minimum Gasteiger partial charge on any atom is -0.444 e. The first kappa shape index (κ1) is 17.6. The number of alkyl carbamates (subject to hydrolysis) is 1. The Morgan fingerprint density at radius 2 is 2.14 bits per heavy atom. The third kappa shape index (κ3) is 5.82. The Morgan fingerprint density at radius 1 is 1.52 bits per heavy atom. The fraction of sp³-hybridized carbons (Fsp3) is 0.538. The largest absolute Gasteiger partial charge is 0.444 e. The summed E-state index contributed by atoms with van der Waals surface area (Å²) in [7, 11) is 0. The van der Waals surface area contributed by atoms with E-state index in [0.29, 0.717) is 0 Å². The quantitative estimate of drug-likeness (QED) is 0.736. The van der Waals surface area contributed by atoms with Crippen molar-refractivity contribution in [3.05, 3.63) is 28.8 Å². The highest BCUT2D eigenvalue weighted by Crippen LogP contribution is 2.22. The van der Waals surface area contributed by atoms with Crippen LogP contribution in [0.5, 0.6) is 0 Å². The van der Waals surface area contributed by atoms with Crippen molar-refractivity contribution in [2.75, 3.05) is 6.54 Å². The molecular formula is C13H18ClFN2O4. The smallest absolute Gasteiger partial charge is 0.407 e. The molecule has 0 aliphatic rings. The van der Waals surface area contributed by atoms with Gasteiger partial charge in [0.05, 0.1) is 5.02 Å². The molecule has 1 aromatic rings. The molecule has 1 rings (SSSR count). The topological polar surface area (TPSA) is 91.7 Å². The van der Waals surface area contributed by atoms with E-state index in [9.17, 15) is 19.4 Å². The molecule has 0 fully saturated rings. The molecular weight excluding hydrogens is 303 g/mol. The molecule has 1 amide bonds. The number of aliphatic hydroxyl groups excluding tert-OH is 2. The molecule has 0 aliphatic heterocycles. The first-order chi connectivity index (χ1) is 9.60. The van der Waals surface area contributed by atoms with Gasteiger partial charge >= 0.3 is 6.09 Å². The Balaban J connectivity index is 2.61. The van der Waals surface area contributed by atoms with E-state index in [4.69, 9.17) is 16.3 Å². The summed E-state index contributed by atoms with van der Waals surface area (Å²) in [5.41, 5.74) is -0.933. The second-order valence-electron chi connectivity index (χ2n) is 5.43. The summed E-state index contributed by atoms with van der Waals surface area (Å²) >= 11 is 5.65. The lowest BCUT2D eigenvalue weighted by molar-refractivity contribution is 0.0109. The fourth-order valence-corrected chi connectivity index (χ4v) is 1.63. The summed E-state index contributed by atoms with van der Waals surface area (Å²) in [6, 6.07) is 1.16. The molecule has 0 spiro atoms. The molecule has 0 saturated heterocycles. The summed E-state index contributed by atoms with van der Waals surface area (Å²) in [6.07, 6.45) is -2.69. The van der Waals surface area contributed by atoms with Crippen molar-refractivity contribution >= 4 is 17.7 Å². The van der Waals surface area contributed by atoms with Gasteiger partial charge in [-0.3, -0.25) is 0 Å². The predicted octanol–water partition coefficient (Wildman–Crippen LogP) is 1.79. The van der Waals surface area contributed by atoms with Crippen LogP contribution in [0, 0.1) is 5.95 Å². The molecule has 0 aliphatic carbocycles. The van der Waals surface area contributed by atoms with Crippen LogP contribution >= 0.6 is 11.6 Å². The van der Waals surface area contributed by atoms with Gasteiger partial charge in [0, 0.05) is 18.3 Å². The molecule has 2 atom stereocenters. The molecule has 8 heteroatoms. The minimum atomic E-state index is -1.58. The number of ether oxygens (including phenoxy) is 1. The third-order valence-corrected chi connectivity index (χ3v) is 2.58. The Hall–Kier alpha value is -1.44. The maximum absolute atomic E-state index is 13.4. The number of hydrogen-bond acceptors (Lipinski definition) is 5. The number of aliphatic hydroxyl groups is 2. The van der Waals surface area contributed by atoms with Gasteiger partial charge in [-0.25, -0.2) is 9.78 Å². The number of carbonyl (C=O) groups excluding carboxylic acids is 1. The fourth-order valence-electron chi connectivity index (χ4n) is 1.47. The summed E-state index contributed by atoms with van der Waals surface area (Å²) in [6.45, 7) is 4.74. The summed E-state index contributed by atoms with van der Waals surface area (Å²) in [4.78, 5) is 14.8. The summed E-state index contributed by atoms with van der Waals surface area (Å²) < 4.78 is 18.4. The lowest BCUT2D eigenvalue weighted by Gasteiger charge is -2.22. The normalized spacial score (nSPS) is 14.4. The number of amides is 1. The first-order valence-corrected chi connectivity index (χ1v) is 6.62. The van der Waals surface area contributed by atoms with Crippen molar-refractivity contribution in [2.24, 2.45) is 0 Å². The Kier molecular flexibility index (Phi) is 5.88. The van der Waals surface area contributed by atoms with E-state index >= 15 is 0 Å². The van der Waals surface area contributed by atoms with E-state index in [-0.39, 0.29) is 17.1 Å². The van der Waals surface area contributed by atoms with Crippen molar-refractivity contribution in [1.82, 2.24) is 10.3 Å².